The molecule has 3 aromatic carbocycles. The average molecular weight is 926 g/mol. The average Bonchev–Trinajstić information content (AvgIpc) is 4.04. The van der Waals surface area contributed by atoms with Crippen LogP contribution in [0, 0.1) is 11.8 Å². The van der Waals surface area contributed by atoms with Crippen molar-refractivity contribution in [3.05, 3.63) is 101 Å². The van der Waals surface area contributed by atoms with Crippen molar-refractivity contribution in [1.29, 1.82) is 0 Å². The Kier molecular flexibility index (Phi) is 21.3. The van der Waals surface area contributed by atoms with Crippen LogP contribution in [0.3, 0.4) is 0 Å². The quantitative estimate of drug-likeness (QED) is 0.0231. The van der Waals surface area contributed by atoms with Crippen molar-refractivity contribution < 1.29 is 47.8 Å². The Morgan fingerprint density at radius 1 is 0.701 bits per heavy atom. The molecule has 1 heterocycles. The third-order valence-corrected chi connectivity index (χ3v) is 11.3. The number of aryl methyl sites for hydroxylation is 1. The number of nitrogens with zero attached hydrogens (tertiary/aromatic N) is 1. The lowest BCUT2D eigenvalue weighted by molar-refractivity contribution is -0.135. The molecular formula is C52H71N5O10. The van der Waals surface area contributed by atoms with Crippen LogP contribution in [0.4, 0.5) is 0 Å². The van der Waals surface area contributed by atoms with Gasteiger partial charge < -0.3 is 35.5 Å². The molecule has 0 aliphatic carbocycles. The van der Waals surface area contributed by atoms with Crippen molar-refractivity contribution in [2.24, 2.45) is 11.8 Å². The monoisotopic (exact) mass is 926 g/mol. The highest BCUT2D eigenvalue weighted by atomic mass is 16.6. The minimum absolute atomic E-state index is 0.0581. The van der Waals surface area contributed by atoms with Crippen LogP contribution in [0.1, 0.15) is 108 Å². The summed E-state index contributed by atoms with van der Waals surface area (Å²) < 4.78 is 16.5. The number of nitrogens with one attached hydrogen (secondary N) is 4. The van der Waals surface area contributed by atoms with E-state index in [1.807, 2.05) is 100 Å². The summed E-state index contributed by atoms with van der Waals surface area (Å²) in [6.07, 6.45) is 2.20. The molecule has 0 unspecified atom stereocenters. The topological polar surface area (TPSA) is 202 Å². The first-order valence-electron chi connectivity index (χ1n) is 23.5. The molecule has 4 N–H and O–H groups in total. The van der Waals surface area contributed by atoms with Gasteiger partial charge in [0.1, 0.15) is 29.5 Å². The molecule has 4 rings (SSSR count). The first-order valence-corrected chi connectivity index (χ1v) is 23.5. The second kappa shape index (κ2) is 26.5. The van der Waals surface area contributed by atoms with Gasteiger partial charge in [0, 0.05) is 33.0 Å². The highest BCUT2D eigenvalue weighted by molar-refractivity contribution is 5.99. The molecular weight excluding hydrogens is 855 g/mol. The number of carbonyl (C=O) groups is 7. The van der Waals surface area contributed by atoms with E-state index >= 15 is 0 Å². The largest absolute Gasteiger partial charge is 0.426 e. The molecule has 5 atom stereocenters. The Morgan fingerprint density at radius 3 is 1.85 bits per heavy atom. The van der Waals surface area contributed by atoms with Gasteiger partial charge in [0.25, 0.3) is 0 Å². The number of esters is 1. The molecule has 364 valence electrons. The van der Waals surface area contributed by atoms with Gasteiger partial charge in [-0.25, -0.2) is 0 Å². The molecule has 3 aromatic rings. The fraction of sp³-hybridized carbons (Fsp3) is 0.519. The van der Waals surface area contributed by atoms with E-state index in [2.05, 4.69) is 21.3 Å². The number of epoxide rings is 1. The highest BCUT2D eigenvalue weighted by Gasteiger charge is 2.50. The Morgan fingerprint density at radius 2 is 1.27 bits per heavy atom. The zero-order valence-corrected chi connectivity index (χ0v) is 40.5. The first kappa shape index (κ1) is 53.8. The van der Waals surface area contributed by atoms with Gasteiger partial charge in [-0.2, -0.15) is 0 Å². The summed E-state index contributed by atoms with van der Waals surface area (Å²) in [6, 6.07) is 19.6. The predicted octanol–water partition coefficient (Wildman–Crippen LogP) is 5.31. The van der Waals surface area contributed by atoms with Crippen molar-refractivity contribution >= 4 is 41.2 Å². The molecule has 0 saturated carbocycles. The molecule has 15 heteroatoms. The number of amides is 4. The number of Topliss-reactive ketones (excluding diaryl/α,β-unsaturated/α-hetero) is 2. The Hall–Kier alpha value is -5.77. The fourth-order valence-electron chi connectivity index (χ4n) is 7.68. The summed E-state index contributed by atoms with van der Waals surface area (Å²) in [7, 11) is 0. The van der Waals surface area contributed by atoms with Crippen LogP contribution in [0.2, 0.25) is 0 Å². The maximum absolute atomic E-state index is 14.4. The number of hydrogen-bond acceptors (Lipinski definition) is 11. The molecule has 0 aromatic heterocycles. The molecule has 1 fully saturated rings. The Labute approximate surface area is 395 Å². The standard InChI is InChI=1S/C52H71N5O10/c1-9-25-65-26-24-57(31-40-21-23-46(67-37(7)59)41(29-40)36(6)58)32-47(60)53-42(22-20-38-16-12-10-13-17-38)49(62)55-44(28-35(4)5)50(63)56-45(30-39-18-14-11-15-19-39)51(64)54-43(27-34(2)3)48(61)52(8)33-66-52/h10-19,21,23,29,34-35,42-45H,9,20,22,24-28,30-33H2,1-8H3,(H,53,60)(H,54,64)(H,55,62)(H,56,63)/t42-,43-,44-,45-,52+/m0/s1. The Balaban J connectivity index is 1.57. The van der Waals surface area contributed by atoms with Gasteiger partial charge in [0.05, 0.1) is 31.4 Å². The zero-order valence-electron chi connectivity index (χ0n) is 40.5. The predicted molar refractivity (Wildman–Crippen MR) is 255 cm³/mol. The van der Waals surface area contributed by atoms with Crippen LogP contribution in [0.25, 0.3) is 0 Å². The summed E-state index contributed by atoms with van der Waals surface area (Å²) in [5.41, 5.74) is 1.69. The minimum Gasteiger partial charge on any atom is -0.426 e. The van der Waals surface area contributed by atoms with Crippen molar-refractivity contribution in [3.8, 4) is 5.75 Å². The molecule has 1 aliphatic heterocycles. The van der Waals surface area contributed by atoms with Crippen molar-refractivity contribution in [2.45, 2.75) is 130 Å². The smallest absolute Gasteiger partial charge is 0.308 e. The van der Waals surface area contributed by atoms with Crippen molar-refractivity contribution in [1.82, 2.24) is 26.2 Å². The van der Waals surface area contributed by atoms with E-state index in [0.29, 0.717) is 38.2 Å². The second-order valence-corrected chi connectivity index (χ2v) is 18.5. The van der Waals surface area contributed by atoms with E-state index in [1.54, 1.807) is 25.1 Å². The maximum atomic E-state index is 14.4. The van der Waals surface area contributed by atoms with E-state index in [4.69, 9.17) is 14.2 Å². The number of carbonyl (C=O) groups excluding carboxylic acids is 7. The van der Waals surface area contributed by atoms with Gasteiger partial charge in [0.15, 0.2) is 11.6 Å². The van der Waals surface area contributed by atoms with Crippen LogP contribution in [-0.2, 0) is 57.6 Å². The van der Waals surface area contributed by atoms with Gasteiger partial charge >= 0.3 is 5.97 Å². The molecule has 1 saturated heterocycles. The lowest BCUT2D eigenvalue weighted by atomic mass is 9.93. The summed E-state index contributed by atoms with van der Waals surface area (Å²) >= 11 is 0. The van der Waals surface area contributed by atoms with E-state index in [9.17, 15) is 33.6 Å². The molecule has 1 aliphatic rings. The maximum Gasteiger partial charge on any atom is 0.308 e. The van der Waals surface area contributed by atoms with E-state index < -0.39 is 59.4 Å². The number of ketones is 2. The lowest BCUT2D eigenvalue weighted by Gasteiger charge is -2.28. The Bertz CT molecular complexity index is 2130. The summed E-state index contributed by atoms with van der Waals surface area (Å²) in [5, 5.41) is 11.7. The number of ether oxygens (including phenoxy) is 3. The molecule has 0 bridgehead atoms. The van der Waals surface area contributed by atoms with Crippen molar-refractivity contribution in [3.63, 3.8) is 0 Å². The van der Waals surface area contributed by atoms with E-state index in [1.165, 1.54) is 13.8 Å². The van der Waals surface area contributed by atoms with Gasteiger partial charge in [-0.3, -0.25) is 38.5 Å². The first-order chi connectivity index (χ1) is 31.9. The highest BCUT2D eigenvalue weighted by Crippen LogP contribution is 2.30. The number of rotatable bonds is 29. The normalized spacial score (nSPS) is 16.1. The van der Waals surface area contributed by atoms with Crippen LogP contribution in [-0.4, -0.2) is 109 Å². The van der Waals surface area contributed by atoms with Gasteiger partial charge in [0.2, 0.25) is 23.6 Å². The second-order valence-electron chi connectivity index (χ2n) is 18.5. The molecule has 15 nitrogen and oxygen atoms in total. The minimum atomic E-state index is -1.10. The molecule has 0 spiro atoms. The fourth-order valence-corrected chi connectivity index (χ4v) is 7.68. The molecule has 4 amide bonds. The SMILES string of the molecule is CCCOCCN(CC(=O)N[C@@H](CCc1ccccc1)C(=O)N[C@@H](CC(C)C)C(=O)N[C@@H](Cc1ccccc1)C(=O)N[C@@H](CC(C)C)C(=O)[C@@]1(C)CO1)Cc1ccc(OC(C)=O)c(C(C)=O)c1. The van der Waals surface area contributed by atoms with Crippen LogP contribution >= 0.6 is 0 Å². The van der Waals surface area contributed by atoms with E-state index in [0.717, 1.165) is 17.5 Å². The molecule has 67 heavy (non-hydrogen) atoms. The number of hydrogen-bond donors (Lipinski definition) is 4. The number of benzene rings is 3. The van der Waals surface area contributed by atoms with Gasteiger partial charge in [-0.1, -0.05) is 101 Å². The lowest BCUT2D eigenvalue weighted by Crippen LogP contribution is -2.59. The third-order valence-electron chi connectivity index (χ3n) is 11.3. The van der Waals surface area contributed by atoms with Gasteiger partial charge in [-0.15, -0.1) is 0 Å². The van der Waals surface area contributed by atoms with Gasteiger partial charge in [-0.05, 0) is 86.6 Å². The van der Waals surface area contributed by atoms with Crippen LogP contribution in [0.15, 0.2) is 78.9 Å². The summed E-state index contributed by atoms with van der Waals surface area (Å²) in [4.78, 5) is 96.5. The van der Waals surface area contributed by atoms with E-state index in [-0.39, 0.29) is 73.7 Å². The van der Waals surface area contributed by atoms with Crippen LogP contribution < -0.4 is 26.0 Å². The zero-order chi connectivity index (χ0) is 49.1. The third kappa shape index (κ3) is 18.4. The summed E-state index contributed by atoms with van der Waals surface area (Å²) in [5.74, 6) is -3.05. The summed E-state index contributed by atoms with van der Waals surface area (Å²) in [6.45, 7) is 15.7. The van der Waals surface area contributed by atoms with Crippen LogP contribution in [0.5, 0.6) is 5.75 Å². The molecule has 0 radical (unpaired) electrons. The van der Waals surface area contributed by atoms with Crippen molar-refractivity contribution in [2.75, 3.05) is 32.9 Å².